The van der Waals surface area contributed by atoms with E-state index in [4.69, 9.17) is 0 Å². The van der Waals surface area contributed by atoms with E-state index in [1.54, 1.807) is 0 Å². The highest BCUT2D eigenvalue weighted by Gasteiger charge is 2.38. The summed E-state index contributed by atoms with van der Waals surface area (Å²) in [4.78, 5) is 48.7. The Balaban J connectivity index is 1.10. The third-order valence-electron chi connectivity index (χ3n) is 9.04. The number of carboxylic acids is 1. The van der Waals surface area contributed by atoms with E-state index < -0.39 is 106 Å². The number of carbonyl (C=O) groups excluding carboxylic acids is 3. The molecule has 0 aromatic heterocycles. The molecule has 29 heteroatoms. The SMILES string of the molecule is O=C(O)C1=NN(c2ccc(S(=O)(=O)O)cc2)C(=O)/C1=N/Nc1ccc2c(c1)C(=O)/C(=N\N=C1\C=CC(NNc3ccc4cc(S(=O)(=O)O)cc(S(=O)(=O)O)c4c3)=CC1=O)C(S(=O)(=O)O)=C2. The van der Waals surface area contributed by atoms with Crippen molar-refractivity contribution in [3.05, 3.63) is 113 Å². The van der Waals surface area contributed by atoms with Crippen LogP contribution in [0.4, 0.5) is 17.1 Å². The molecule has 7 rings (SSSR count). The van der Waals surface area contributed by atoms with Crippen LogP contribution in [0, 0.1) is 0 Å². The fourth-order valence-electron chi connectivity index (χ4n) is 6.04. The summed E-state index contributed by atoms with van der Waals surface area (Å²) in [6, 6.07) is 13.0. The van der Waals surface area contributed by atoms with E-state index in [0.29, 0.717) is 11.1 Å². The maximum atomic E-state index is 13.7. The van der Waals surface area contributed by atoms with E-state index in [-0.39, 0.29) is 44.7 Å². The zero-order valence-electron chi connectivity index (χ0n) is 31.7. The quantitative estimate of drug-likeness (QED) is 0.0569. The normalized spacial score (nSPS) is 17.6. The van der Waals surface area contributed by atoms with E-state index in [2.05, 4.69) is 36.7 Å². The number of aliphatic carboxylic acids is 1. The summed E-state index contributed by atoms with van der Waals surface area (Å²) in [5, 5.41) is 25.1. The highest BCUT2D eigenvalue weighted by molar-refractivity contribution is 7.91. The summed E-state index contributed by atoms with van der Waals surface area (Å²) in [7, 11) is -19.6. The predicted molar refractivity (Wildman–Crippen MR) is 228 cm³/mol. The van der Waals surface area contributed by atoms with E-state index in [1.807, 2.05) is 0 Å². The molecule has 3 aliphatic rings. The number of carboxylic acid groups (broad SMARTS) is 1. The van der Waals surface area contributed by atoms with Crippen LogP contribution in [0.2, 0.25) is 0 Å². The lowest BCUT2D eigenvalue weighted by molar-refractivity contribution is -0.129. The number of hydrazine groups is 1. The second kappa shape index (κ2) is 16.5. The Morgan fingerprint density at radius 3 is 1.95 bits per heavy atom. The fraction of sp³-hybridized carbons (Fsp3) is 0. The Hall–Kier alpha value is -7.64. The van der Waals surface area contributed by atoms with Gasteiger partial charge in [-0.15, -0.1) is 10.2 Å². The van der Waals surface area contributed by atoms with Crippen molar-refractivity contribution in [2.24, 2.45) is 20.4 Å². The molecule has 8 N–H and O–H groups in total. The first-order valence-electron chi connectivity index (χ1n) is 17.4. The first-order valence-corrected chi connectivity index (χ1v) is 23.2. The van der Waals surface area contributed by atoms with Gasteiger partial charge in [-0.3, -0.25) is 38.0 Å². The van der Waals surface area contributed by atoms with Crippen molar-refractivity contribution in [3.63, 3.8) is 0 Å². The van der Waals surface area contributed by atoms with Crippen LogP contribution in [0.25, 0.3) is 16.8 Å². The van der Waals surface area contributed by atoms with Gasteiger partial charge in [-0.1, -0.05) is 12.1 Å². The van der Waals surface area contributed by atoms with Crippen molar-refractivity contribution in [1.82, 2.24) is 5.43 Å². The number of rotatable bonds is 12. The molecule has 0 bridgehead atoms. The molecular weight excluding hydrogens is 945 g/mol. The Morgan fingerprint density at radius 2 is 1.34 bits per heavy atom. The maximum absolute atomic E-state index is 13.7. The molecule has 1 heterocycles. The Morgan fingerprint density at radius 1 is 0.662 bits per heavy atom. The topological polar surface area (TPSA) is 395 Å². The van der Waals surface area contributed by atoms with Gasteiger partial charge in [0, 0.05) is 17.0 Å². The molecule has 1 aliphatic heterocycles. The van der Waals surface area contributed by atoms with Gasteiger partial charge in [0.05, 0.1) is 32.6 Å². The van der Waals surface area contributed by atoms with Crippen molar-refractivity contribution in [2.45, 2.75) is 14.7 Å². The van der Waals surface area contributed by atoms with Crippen LogP contribution in [0.3, 0.4) is 0 Å². The lowest BCUT2D eigenvalue weighted by Gasteiger charge is -2.16. The summed E-state index contributed by atoms with van der Waals surface area (Å²) in [6.07, 6.45) is 4.26. The number of hydrogen-bond acceptors (Lipinski definition) is 19. The molecule has 0 spiro atoms. The van der Waals surface area contributed by atoms with E-state index in [1.165, 1.54) is 36.4 Å². The highest BCUT2D eigenvalue weighted by atomic mass is 32.2. The van der Waals surface area contributed by atoms with Crippen LogP contribution < -0.4 is 21.3 Å². The number of nitrogens with zero attached hydrogens (tertiary/aromatic N) is 5. The summed E-state index contributed by atoms with van der Waals surface area (Å²) in [5.74, 6) is -4.73. The lowest BCUT2D eigenvalue weighted by atomic mass is 9.94. The fourth-order valence-corrected chi connectivity index (χ4v) is 8.52. The van der Waals surface area contributed by atoms with Crippen LogP contribution >= 0.6 is 0 Å². The monoisotopic (exact) mass is 968 g/mol. The van der Waals surface area contributed by atoms with Crippen LogP contribution in [-0.4, -0.2) is 103 Å². The number of hydrogen-bond donors (Lipinski definition) is 8. The molecule has 4 aromatic carbocycles. The molecule has 1 amide bonds. The number of benzene rings is 4. The standard InChI is InChI=1S/C36H24N8O17S4/c45-28-15-21(38-37-19-3-1-17-11-24(63(53,54)55)16-29(25(17)13-19)64(56,57)58)5-10-27(28)40-41-31-30(65(59,60)61)12-18-2-4-20(14-26(18)34(31)46)39-42-32-33(36(48)49)43-44(35(32)47)22-6-8-23(9-7-22)62(50,51)52/h1-16,37-39H,(H,48,49)(H,50,51,52)(H,53,54,55)(H,56,57,58)(H,59,60,61)/b40-27-,41-31-,42-32+. The van der Waals surface area contributed by atoms with E-state index >= 15 is 0 Å². The minimum atomic E-state index is -5.15. The van der Waals surface area contributed by atoms with Crippen LogP contribution in [0.15, 0.2) is 137 Å². The van der Waals surface area contributed by atoms with Crippen molar-refractivity contribution in [1.29, 1.82) is 0 Å². The van der Waals surface area contributed by atoms with Gasteiger partial charge in [0.15, 0.2) is 11.4 Å². The van der Waals surface area contributed by atoms with Crippen LogP contribution in [0.5, 0.6) is 0 Å². The summed E-state index contributed by atoms with van der Waals surface area (Å²) in [5.41, 5.74) is 4.54. The number of ketones is 2. The number of hydrazone groups is 2. The minimum absolute atomic E-state index is 0.0110. The van der Waals surface area contributed by atoms with Gasteiger partial charge in [-0.25, -0.2) is 4.79 Å². The lowest BCUT2D eigenvalue weighted by Crippen LogP contribution is -2.31. The van der Waals surface area contributed by atoms with Crippen molar-refractivity contribution < 1.29 is 76.2 Å². The van der Waals surface area contributed by atoms with Gasteiger partial charge in [-0.05, 0) is 89.8 Å². The van der Waals surface area contributed by atoms with Crippen molar-refractivity contribution in [3.8, 4) is 0 Å². The molecule has 0 radical (unpaired) electrons. The first-order chi connectivity index (χ1) is 30.3. The number of Topliss-reactive ketones (excluding diaryl/α,β-unsaturated/α-hetero) is 1. The van der Waals surface area contributed by atoms with Crippen LogP contribution in [-0.2, 0) is 54.9 Å². The Labute approximate surface area is 364 Å². The first kappa shape index (κ1) is 45.4. The zero-order chi connectivity index (χ0) is 47.4. The van der Waals surface area contributed by atoms with E-state index in [0.717, 1.165) is 54.6 Å². The molecule has 0 unspecified atom stereocenters. The molecule has 0 atom stereocenters. The molecule has 0 fully saturated rings. The molecule has 0 saturated carbocycles. The molecule has 4 aromatic rings. The van der Waals surface area contributed by atoms with Gasteiger partial charge in [0.1, 0.15) is 15.5 Å². The largest absolute Gasteiger partial charge is 0.476 e. The number of anilines is 3. The van der Waals surface area contributed by atoms with Gasteiger partial charge >= 0.3 is 11.9 Å². The average Bonchev–Trinajstić information content (AvgIpc) is 3.56. The van der Waals surface area contributed by atoms with Crippen molar-refractivity contribution in [2.75, 3.05) is 15.9 Å². The van der Waals surface area contributed by atoms with E-state index in [9.17, 15) is 76.2 Å². The summed E-state index contributed by atoms with van der Waals surface area (Å²) in [6.45, 7) is 0. The van der Waals surface area contributed by atoms with Gasteiger partial charge < -0.3 is 16.0 Å². The molecule has 2 aliphatic carbocycles. The molecule has 334 valence electrons. The second-order valence-corrected chi connectivity index (χ2v) is 18.9. The number of carbonyl (C=O) groups is 4. The van der Waals surface area contributed by atoms with Gasteiger partial charge in [0.25, 0.3) is 40.5 Å². The molecule has 0 saturated heterocycles. The molecule has 65 heavy (non-hydrogen) atoms. The number of amides is 1. The Kier molecular flexibility index (Phi) is 11.5. The third kappa shape index (κ3) is 9.51. The zero-order valence-corrected chi connectivity index (χ0v) is 35.0. The number of fused-ring (bicyclic) bond motifs is 2. The number of nitrogens with one attached hydrogen (secondary N) is 3. The second-order valence-electron chi connectivity index (χ2n) is 13.3. The summed E-state index contributed by atoms with van der Waals surface area (Å²) < 4.78 is 133. The highest BCUT2D eigenvalue weighted by Crippen LogP contribution is 2.31. The minimum Gasteiger partial charge on any atom is -0.476 e. The molecular formula is C36H24N8O17S4. The summed E-state index contributed by atoms with van der Waals surface area (Å²) >= 11 is 0. The van der Waals surface area contributed by atoms with Crippen molar-refractivity contribution >= 4 is 121 Å². The maximum Gasteiger partial charge on any atom is 0.358 e. The third-order valence-corrected chi connectivity index (χ3v) is 12.5. The number of allylic oxidation sites excluding steroid dienone is 4. The Bertz CT molecular complexity index is 3540. The average molecular weight is 969 g/mol. The molecule has 25 nitrogen and oxygen atoms in total. The van der Waals surface area contributed by atoms with Gasteiger partial charge in [0.2, 0.25) is 17.3 Å². The van der Waals surface area contributed by atoms with Gasteiger partial charge in [-0.2, -0.15) is 48.9 Å². The smallest absolute Gasteiger partial charge is 0.358 e. The van der Waals surface area contributed by atoms with Crippen LogP contribution in [0.1, 0.15) is 15.9 Å². The predicted octanol–water partition coefficient (Wildman–Crippen LogP) is 1.70.